The van der Waals surface area contributed by atoms with E-state index in [1.807, 2.05) is 6.92 Å². The van der Waals surface area contributed by atoms with Crippen molar-refractivity contribution >= 4 is 17.3 Å². The first-order chi connectivity index (χ1) is 4.72. The van der Waals surface area contributed by atoms with Crippen molar-refractivity contribution < 1.29 is 0 Å². The Kier molecular flexibility index (Phi) is 2.02. The highest BCUT2D eigenvalue weighted by atomic mass is 35.5. The molecule has 52 valence electrons. The summed E-state index contributed by atoms with van der Waals surface area (Å²) < 4.78 is 0. The fourth-order valence-corrected chi connectivity index (χ4v) is 1.05. The van der Waals surface area contributed by atoms with Crippen molar-refractivity contribution in [1.29, 1.82) is 0 Å². The topological polar surface area (TPSA) is 29.4 Å². The van der Waals surface area contributed by atoms with Crippen LogP contribution in [0.2, 0.25) is 5.02 Å². The van der Waals surface area contributed by atoms with Crippen LogP contribution in [0.5, 0.6) is 0 Å². The van der Waals surface area contributed by atoms with Gasteiger partial charge in [-0.3, -0.25) is 0 Å². The highest BCUT2D eigenvalue weighted by molar-refractivity contribution is 6.30. The molecule has 0 saturated heterocycles. The summed E-state index contributed by atoms with van der Waals surface area (Å²) in [6, 6.07) is 4.98. The lowest BCUT2D eigenvalue weighted by Gasteiger charge is -1.93. The number of halogens is 1. The summed E-state index contributed by atoms with van der Waals surface area (Å²) in [5, 5.41) is 3.31. The Morgan fingerprint density at radius 1 is 1.40 bits per heavy atom. The van der Waals surface area contributed by atoms with Crippen molar-refractivity contribution in [3.63, 3.8) is 0 Å². The first-order valence-electron chi connectivity index (χ1n) is 2.83. The van der Waals surface area contributed by atoms with Gasteiger partial charge in [0.15, 0.2) is 0 Å². The maximum Gasteiger partial charge on any atom is 0.109 e. The molecule has 1 aromatic carbocycles. The van der Waals surface area contributed by atoms with E-state index in [0.717, 1.165) is 5.56 Å². The molecule has 0 atom stereocenters. The van der Waals surface area contributed by atoms with Crippen molar-refractivity contribution in [3.8, 4) is 0 Å². The molecule has 0 aromatic heterocycles. The molecule has 0 bridgehead atoms. The minimum absolute atomic E-state index is 0.380. The van der Waals surface area contributed by atoms with Crippen molar-refractivity contribution in [2.75, 3.05) is 0 Å². The van der Waals surface area contributed by atoms with Gasteiger partial charge in [0.2, 0.25) is 0 Å². The minimum Gasteiger partial charge on any atom is -0.145 e. The summed E-state index contributed by atoms with van der Waals surface area (Å²) in [5.74, 6) is 0. The van der Waals surface area contributed by atoms with Gasteiger partial charge in [-0.2, -0.15) is 0 Å². The fraction of sp³-hybridized carbons (Fsp3) is 0.143. The number of hydrogen-bond donors (Lipinski definition) is 0. The molecule has 0 saturated carbocycles. The van der Waals surface area contributed by atoms with E-state index in [1.165, 1.54) is 6.07 Å². The third-order valence-corrected chi connectivity index (χ3v) is 1.35. The minimum atomic E-state index is 0.380. The van der Waals surface area contributed by atoms with Gasteiger partial charge in [0, 0.05) is 5.02 Å². The number of aryl methyl sites for hydroxylation is 1. The van der Waals surface area contributed by atoms with E-state index < -0.39 is 0 Å². The van der Waals surface area contributed by atoms with Crippen LogP contribution in [0.15, 0.2) is 23.4 Å². The average Bonchev–Trinajstić information content (AvgIpc) is 1.85. The predicted molar refractivity (Wildman–Crippen MR) is 41.6 cm³/mol. The van der Waals surface area contributed by atoms with Gasteiger partial charge >= 0.3 is 0 Å². The molecule has 0 aliphatic carbocycles. The maximum absolute atomic E-state index is 10.0. The number of nitroso groups, excluding NO2 is 1. The van der Waals surface area contributed by atoms with Crippen molar-refractivity contribution in [3.05, 3.63) is 33.7 Å². The summed E-state index contributed by atoms with van der Waals surface area (Å²) in [4.78, 5) is 10.0. The Morgan fingerprint density at radius 3 is 2.60 bits per heavy atom. The lowest BCUT2D eigenvalue weighted by Crippen LogP contribution is -1.70. The summed E-state index contributed by atoms with van der Waals surface area (Å²) in [5.41, 5.74) is 1.33. The first-order valence-corrected chi connectivity index (χ1v) is 3.21. The van der Waals surface area contributed by atoms with E-state index in [9.17, 15) is 4.91 Å². The zero-order chi connectivity index (χ0) is 7.56. The SMILES string of the molecule is Cc1cc(Cl)cc(N=O)c1. The van der Waals surface area contributed by atoms with Crippen LogP contribution in [0.25, 0.3) is 0 Å². The van der Waals surface area contributed by atoms with Crippen LogP contribution in [0.4, 0.5) is 5.69 Å². The molecule has 10 heavy (non-hydrogen) atoms. The van der Waals surface area contributed by atoms with Crippen LogP contribution in [0.3, 0.4) is 0 Å². The Labute approximate surface area is 63.8 Å². The van der Waals surface area contributed by atoms with Gasteiger partial charge in [-0.25, -0.2) is 0 Å². The zero-order valence-electron chi connectivity index (χ0n) is 5.47. The number of hydrogen-bond acceptors (Lipinski definition) is 2. The van der Waals surface area contributed by atoms with Crippen molar-refractivity contribution in [2.45, 2.75) is 6.92 Å². The van der Waals surface area contributed by atoms with Gasteiger partial charge in [0.05, 0.1) is 0 Å². The van der Waals surface area contributed by atoms with E-state index in [2.05, 4.69) is 5.18 Å². The maximum atomic E-state index is 10.0. The van der Waals surface area contributed by atoms with Crippen LogP contribution in [0.1, 0.15) is 5.56 Å². The van der Waals surface area contributed by atoms with Gasteiger partial charge in [-0.05, 0) is 35.9 Å². The number of nitrogens with zero attached hydrogens (tertiary/aromatic N) is 1. The molecule has 0 aliphatic rings. The Bertz CT molecular complexity index is 240. The van der Waals surface area contributed by atoms with Gasteiger partial charge < -0.3 is 0 Å². The molecular weight excluding hydrogens is 150 g/mol. The van der Waals surface area contributed by atoms with Gasteiger partial charge in [-0.1, -0.05) is 11.6 Å². The van der Waals surface area contributed by atoms with E-state index in [0.29, 0.717) is 10.7 Å². The molecule has 0 fully saturated rings. The fourth-order valence-electron chi connectivity index (χ4n) is 0.770. The van der Waals surface area contributed by atoms with Gasteiger partial charge in [-0.15, -0.1) is 4.91 Å². The molecule has 2 nitrogen and oxygen atoms in total. The van der Waals surface area contributed by atoms with E-state index in [4.69, 9.17) is 11.6 Å². The molecule has 0 unspecified atom stereocenters. The monoisotopic (exact) mass is 155 g/mol. The lowest BCUT2D eigenvalue weighted by molar-refractivity contribution is 1.42. The quantitative estimate of drug-likeness (QED) is 0.573. The highest BCUT2D eigenvalue weighted by Crippen LogP contribution is 2.20. The van der Waals surface area contributed by atoms with Crippen molar-refractivity contribution in [2.24, 2.45) is 5.18 Å². The molecule has 0 spiro atoms. The van der Waals surface area contributed by atoms with Crippen LogP contribution < -0.4 is 0 Å². The third-order valence-electron chi connectivity index (χ3n) is 1.13. The first kappa shape index (κ1) is 7.22. The smallest absolute Gasteiger partial charge is 0.109 e. The number of rotatable bonds is 1. The van der Waals surface area contributed by atoms with Crippen molar-refractivity contribution in [1.82, 2.24) is 0 Å². The second-order valence-electron chi connectivity index (χ2n) is 2.08. The normalized spacial score (nSPS) is 9.40. The molecule has 0 amide bonds. The molecular formula is C7H6ClNO. The summed E-state index contributed by atoms with van der Waals surface area (Å²) in [7, 11) is 0. The second-order valence-corrected chi connectivity index (χ2v) is 2.51. The van der Waals surface area contributed by atoms with E-state index in [1.54, 1.807) is 12.1 Å². The Morgan fingerprint density at radius 2 is 2.10 bits per heavy atom. The average molecular weight is 156 g/mol. The highest BCUT2D eigenvalue weighted by Gasteiger charge is 1.94. The van der Waals surface area contributed by atoms with E-state index >= 15 is 0 Å². The largest absolute Gasteiger partial charge is 0.145 e. The summed E-state index contributed by atoms with van der Waals surface area (Å²) in [6.07, 6.45) is 0. The van der Waals surface area contributed by atoms with Crippen LogP contribution in [-0.2, 0) is 0 Å². The molecule has 0 N–H and O–H groups in total. The molecule has 0 aliphatic heterocycles. The van der Waals surface area contributed by atoms with Crippen LogP contribution in [-0.4, -0.2) is 0 Å². The number of benzene rings is 1. The third kappa shape index (κ3) is 1.54. The Balaban J connectivity index is 3.18. The molecule has 3 heteroatoms. The Hall–Kier alpha value is -0.890. The molecule has 0 heterocycles. The summed E-state index contributed by atoms with van der Waals surface area (Å²) in [6.45, 7) is 1.86. The zero-order valence-corrected chi connectivity index (χ0v) is 6.22. The van der Waals surface area contributed by atoms with E-state index in [-0.39, 0.29) is 0 Å². The lowest BCUT2D eigenvalue weighted by atomic mass is 10.2. The van der Waals surface area contributed by atoms with Gasteiger partial charge in [0.25, 0.3) is 0 Å². The summed E-state index contributed by atoms with van der Waals surface area (Å²) >= 11 is 5.63. The molecule has 1 aromatic rings. The van der Waals surface area contributed by atoms with Crippen LogP contribution in [0, 0.1) is 11.8 Å². The molecule has 1 rings (SSSR count). The predicted octanol–water partition coefficient (Wildman–Crippen LogP) is 3.05. The second kappa shape index (κ2) is 2.80. The van der Waals surface area contributed by atoms with Crippen LogP contribution >= 0.6 is 11.6 Å². The molecule has 0 radical (unpaired) electrons. The standard InChI is InChI=1S/C7H6ClNO/c1-5-2-6(8)4-7(3-5)9-10/h2-4H,1H3. The van der Waals surface area contributed by atoms with Gasteiger partial charge in [0.1, 0.15) is 5.69 Å².